The molecular formula is C20H29N3O3. The molecule has 3 rings (SSSR count). The monoisotopic (exact) mass is 359 g/mol. The Hall–Kier alpha value is -2.05. The van der Waals surface area contributed by atoms with Gasteiger partial charge in [-0.05, 0) is 31.4 Å². The van der Waals surface area contributed by atoms with Crippen LogP contribution in [0.2, 0.25) is 0 Å². The maximum Gasteiger partial charge on any atom is 0.194 e. The summed E-state index contributed by atoms with van der Waals surface area (Å²) in [5.41, 5.74) is 0.922. The number of nitrogens with one attached hydrogen (secondary N) is 1. The zero-order chi connectivity index (χ0) is 18.2. The van der Waals surface area contributed by atoms with Gasteiger partial charge in [0.25, 0.3) is 0 Å². The van der Waals surface area contributed by atoms with Crippen molar-refractivity contribution in [3.63, 3.8) is 0 Å². The first-order valence-electron chi connectivity index (χ1n) is 9.33. The highest BCUT2D eigenvalue weighted by Crippen LogP contribution is 2.19. The predicted molar refractivity (Wildman–Crippen MR) is 103 cm³/mol. The Morgan fingerprint density at radius 2 is 2.08 bits per heavy atom. The second-order valence-corrected chi connectivity index (χ2v) is 6.55. The minimum atomic E-state index is 0.344. The molecule has 142 valence electrons. The van der Waals surface area contributed by atoms with Crippen LogP contribution in [0.4, 0.5) is 0 Å². The van der Waals surface area contributed by atoms with Crippen molar-refractivity contribution in [2.75, 3.05) is 40.5 Å². The van der Waals surface area contributed by atoms with Crippen molar-refractivity contribution in [1.82, 2.24) is 10.2 Å². The zero-order valence-corrected chi connectivity index (χ0v) is 15.7. The molecule has 1 aliphatic heterocycles. The normalized spacial score (nSPS) is 16.4. The van der Waals surface area contributed by atoms with Crippen LogP contribution in [-0.2, 0) is 16.0 Å². The standard InChI is InChI=1S/C20H29N3O3/c1-21-20(22-15-18-14-16-6-3-4-7-19(16)26-18)23-10-8-17(9-11-23)25-13-5-12-24-2/h3-4,6-7,14,17H,5,8-13,15H2,1-2H3,(H,21,22). The molecule has 0 saturated carbocycles. The Balaban J connectivity index is 1.44. The summed E-state index contributed by atoms with van der Waals surface area (Å²) >= 11 is 0. The number of methoxy groups -OCH3 is 1. The van der Waals surface area contributed by atoms with Crippen LogP contribution in [0.25, 0.3) is 11.0 Å². The van der Waals surface area contributed by atoms with Crippen molar-refractivity contribution in [2.45, 2.75) is 31.9 Å². The van der Waals surface area contributed by atoms with Gasteiger partial charge in [-0.25, -0.2) is 0 Å². The number of aliphatic imine (C=N–C) groups is 1. The molecule has 0 radical (unpaired) electrons. The van der Waals surface area contributed by atoms with Crippen molar-refractivity contribution in [3.05, 3.63) is 36.1 Å². The second kappa shape index (κ2) is 9.59. The average molecular weight is 359 g/mol. The Bertz CT molecular complexity index is 672. The number of furan rings is 1. The van der Waals surface area contributed by atoms with Gasteiger partial charge < -0.3 is 24.1 Å². The van der Waals surface area contributed by atoms with Crippen LogP contribution >= 0.6 is 0 Å². The second-order valence-electron chi connectivity index (χ2n) is 6.55. The lowest BCUT2D eigenvalue weighted by Gasteiger charge is -2.34. The smallest absolute Gasteiger partial charge is 0.194 e. The highest BCUT2D eigenvalue weighted by Gasteiger charge is 2.22. The molecule has 26 heavy (non-hydrogen) atoms. The number of piperidine rings is 1. The molecule has 1 aliphatic rings. The van der Waals surface area contributed by atoms with Gasteiger partial charge in [0.15, 0.2) is 5.96 Å². The molecule has 6 heteroatoms. The van der Waals surface area contributed by atoms with Gasteiger partial charge in [0.2, 0.25) is 0 Å². The van der Waals surface area contributed by atoms with E-state index >= 15 is 0 Å². The fraction of sp³-hybridized carbons (Fsp3) is 0.550. The number of ether oxygens (including phenoxy) is 2. The number of rotatable bonds is 7. The van der Waals surface area contributed by atoms with Crippen LogP contribution < -0.4 is 5.32 Å². The van der Waals surface area contributed by atoms with Crippen molar-refractivity contribution < 1.29 is 13.9 Å². The summed E-state index contributed by atoms with van der Waals surface area (Å²) in [7, 11) is 3.55. The number of para-hydroxylation sites is 1. The zero-order valence-electron chi connectivity index (χ0n) is 15.7. The van der Waals surface area contributed by atoms with Gasteiger partial charge in [-0.1, -0.05) is 18.2 Å². The first-order valence-corrected chi connectivity index (χ1v) is 9.33. The highest BCUT2D eigenvalue weighted by atomic mass is 16.5. The summed E-state index contributed by atoms with van der Waals surface area (Å²) in [5, 5.41) is 4.55. The fourth-order valence-electron chi connectivity index (χ4n) is 3.31. The third-order valence-corrected chi connectivity index (χ3v) is 4.70. The molecule has 6 nitrogen and oxygen atoms in total. The van der Waals surface area contributed by atoms with E-state index in [-0.39, 0.29) is 0 Å². The number of likely N-dealkylation sites (tertiary alicyclic amines) is 1. The number of fused-ring (bicyclic) bond motifs is 1. The summed E-state index contributed by atoms with van der Waals surface area (Å²) < 4.78 is 16.8. The van der Waals surface area contributed by atoms with Crippen molar-refractivity contribution >= 4 is 16.9 Å². The molecule has 0 unspecified atom stereocenters. The van der Waals surface area contributed by atoms with E-state index in [2.05, 4.69) is 27.3 Å². The van der Waals surface area contributed by atoms with E-state index in [1.807, 2.05) is 25.2 Å². The maximum absolute atomic E-state index is 5.93. The molecule has 0 amide bonds. The molecule has 1 aromatic carbocycles. The molecule has 1 aromatic heterocycles. The van der Waals surface area contributed by atoms with E-state index in [0.29, 0.717) is 12.6 Å². The topological polar surface area (TPSA) is 59.2 Å². The molecule has 1 N–H and O–H groups in total. The minimum absolute atomic E-state index is 0.344. The van der Waals surface area contributed by atoms with E-state index < -0.39 is 0 Å². The van der Waals surface area contributed by atoms with Crippen LogP contribution in [0.5, 0.6) is 0 Å². The van der Waals surface area contributed by atoms with E-state index in [0.717, 1.165) is 68.3 Å². The third-order valence-electron chi connectivity index (χ3n) is 4.70. The largest absolute Gasteiger partial charge is 0.459 e. The van der Waals surface area contributed by atoms with Gasteiger partial charge in [-0.2, -0.15) is 0 Å². The molecule has 0 bridgehead atoms. The van der Waals surface area contributed by atoms with Crippen LogP contribution in [0.1, 0.15) is 25.0 Å². The van der Waals surface area contributed by atoms with Gasteiger partial charge in [-0.3, -0.25) is 4.99 Å². The molecule has 2 aromatic rings. The predicted octanol–water partition coefficient (Wildman–Crippen LogP) is 3.03. The van der Waals surface area contributed by atoms with E-state index in [1.54, 1.807) is 7.11 Å². The number of guanidine groups is 1. The fourth-order valence-corrected chi connectivity index (χ4v) is 3.31. The molecule has 1 saturated heterocycles. The number of nitrogens with zero attached hydrogens (tertiary/aromatic N) is 2. The van der Waals surface area contributed by atoms with E-state index in [1.165, 1.54) is 0 Å². The van der Waals surface area contributed by atoms with Gasteiger partial charge in [0, 0.05) is 45.8 Å². The molecule has 2 heterocycles. The molecule has 0 atom stereocenters. The summed E-state index contributed by atoms with van der Waals surface area (Å²) in [4.78, 5) is 6.71. The summed E-state index contributed by atoms with van der Waals surface area (Å²) in [6, 6.07) is 10.1. The quantitative estimate of drug-likeness (QED) is 0.468. The number of benzene rings is 1. The molecule has 0 aliphatic carbocycles. The van der Waals surface area contributed by atoms with Gasteiger partial charge in [0.1, 0.15) is 11.3 Å². The van der Waals surface area contributed by atoms with Crippen LogP contribution in [0.3, 0.4) is 0 Å². The third kappa shape index (κ3) is 4.99. The highest BCUT2D eigenvalue weighted by molar-refractivity contribution is 5.80. The summed E-state index contributed by atoms with van der Waals surface area (Å²) in [5.74, 6) is 1.84. The first kappa shape index (κ1) is 18.7. The lowest BCUT2D eigenvalue weighted by Crippen LogP contribution is -2.46. The Morgan fingerprint density at radius 3 is 2.81 bits per heavy atom. The lowest BCUT2D eigenvalue weighted by molar-refractivity contribution is 0.00988. The Labute approximate surface area is 155 Å². The van der Waals surface area contributed by atoms with Crippen LogP contribution in [-0.4, -0.2) is 57.4 Å². The lowest BCUT2D eigenvalue weighted by atomic mass is 10.1. The van der Waals surface area contributed by atoms with E-state index in [9.17, 15) is 0 Å². The molecule has 1 fully saturated rings. The minimum Gasteiger partial charge on any atom is -0.459 e. The van der Waals surface area contributed by atoms with Crippen molar-refractivity contribution in [2.24, 2.45) is 4.99 Å². The molecule has 0 spiro atoms. The Kier molecular flexibility index (Phi) is 6.91. The Morgan fingerprint density at radius 1 is 1.27 bits per heavy atom. The van der Waals surface area contributed by atoms with Crippen LogP contribution in [0.15, 0.2) is 39.7 Å². The van der Waals surface area contributed by atoms with Crippen LogP contribution in [0, 0.1) is 0 Å². The average Bonchev–Trinajstić information content (AvgIpc) is 3.10. The number of hydrogen-bond acceptors (Lipinski definition) is 4. The van der Waals surface area contributed by atoms with E-state index in [4.69, 9.17) is 13.9 Å². The first-order chi connectivity index (χ1) is 12.8. The molecular weight excluding hydrogens is 330 g/mol. The van der Waals surface area contributed by atoms with Crippen molar-refractivity contribution in [1.29, 1.82) is 0 Å². The number of hydrogen-bond donors (Lipinski definition) is 1. The van der Waals surface area contributed by atoms with Crippen molar-refractivity contribution in [3.8, 4) is 0 Å². The SMILES string of the molecule is CN=C(NCc1cc2ccccc2o1)N1CCC(OCCCOC)CC1. The van der Waals surface area contributed by atoms with Gasteiger partial charge >= 0.3 is 0 Å². The summed E-state index contributed by atoms with van der Waals surface area (Å²) in [6.07, 6.45) is 3.35. The van der Waals surface area contributed by atoms with Gasteiger partial charge in [-0.15, -0.1) is 0 Å². The summed E-state index contributed by atoms with van der Waals surface area (Å²) in [6.45, 7) is 4.08. The maximum atomic E-state index is 5.93. The van der Waals surface area contributed by atoms with Gasteiger partial charge in [0.05, 0.1) is 12.6 Å².